The second-order valence-corrected chi connectivity index (χ2v) is 7.08. The highest BCUT2D eigenvalue weighted by atomic mass is 16.3. The van der Waals surface area contributed by atoms with E-state index in [0.29, 0.717) is 11.3 Å². The molecular weight excluding hydrogens is 320 g/mol. The number of hydrogen-bond donors (Lipinski definition) is 0. The molecule has 128 valence electrons. The summed E-state index contributed by atoms with van der Waals surface area (Å²) in [7, 11) is 2.04. The Bertz CT molecular complexity index is 1190. The van der Waals surface area contributed by atoms with Gasteiger partial charge in [0, 0.05) is 22.9 Å². The van der Waals surface area contributed by atoms with E-state index < -0.39 is 0 Å². The van der Waals surface area contributed by atoms with Crippen LogP contribution < -0.4 is 4.57 Å². The molecule has 0 aliphatic heterocycles. The number of fused-ring (bicyclic) bond motifs is 3. The van der Waals surface area contributed by atoms with Crippen molar-refractivity contribution in [3.8, 4) is 11.3 Å². The van der Waals surface area contributed by atoms with Crippen LogP contribution in [0.2, 0.25) is 0 Å². The Balaban J connectivity index is 2.16. The molecule has 0 fully saturated rings. The molecule has 2 aromatic carbocycles. The third-order valence-electron chi connectivity index (χ3n) is 5.07. The molecule has 3 heteroatoms. The zero-order valence-electron chi connectivity index (χ0n) is 15.5. The van der Waals surface area contributed by atoms with Gasteiger partial charge in [-0.25, -0.2) is 9.41 Å². The largest absolute Gasteiger partial charge is 0.466 e. The summed E-state index contributed by atoms with van der Waals surface area (Å²) in [5.41, 5.74) is 6.57. The van der Waals surface area contributed by atoms with Gasteiger partial charge in [0.2, 0.25) is 11.4 Å². The van der Waals surface area contributed by atoms with Crippen LogP contribution in [0.15, 0.2) is 53.1 Å². The molecule has 3 nitrogen and oxygen atoms in total. The Labute approximate surface area is 153 Å². The molecule has 0 bridgehead atoms. The number of rotatable bonds is 2. The van der Waals surface area contributed by atoms with Gasteiger partial charge in [-0.05, 0) is 30.0 Å². The molecule has 26 heavy (non-hydrogen) atoms. The van der Waals surface area contributed by atoms with E-state index in [-0.39, 0.29) is 5.92 Å². The fourth-order valence-corrected chi connectivity index (χ4v) is 3.69. The number of pyridine rings is 1. The minimum atomic E-state index is 0.282. The van der Waals surface area contributed by atoms with Gasteiger partial charge in [0.15, 0.2) is 6.20 Å². The zero-order chi connectivity index (χ0) is 18.4. The predicted octanol–water partition coefficient (Wildman–Crippen LogP) is 6.06. The minimum Gasteiger partial charge on any atom is -0.466 e. The number of aromatic nitrogens is 1. The predicted molar refractivity (Wildman–Crippen MR) is 105 cm³/mol. The number of furan rings is 1. The van der Waals surface area contributed by atoms with Gasteiger partial charge in [0.1, 0.15) is 18.2 Å². The molecule has 4 aromatic rings. The summed E-state index contributed by atoms with van der Waals surface area (Å²) in [6, 6.07) is 14.6. The average Bonchev–Trinajstić information content (AvgIpc) is 3.00. The van der Waals surface area contributed by atoms with Gasteiger partial charge < -0.3 is 4.42 Å². The first-order valence-electron chi connectivity index (χ1n) is 8.84. The van der Waals surface area contributed by atoms with Crippen molar-refractivity contribution in [3.63, 3.8) is 0 Å². The molecule has 0 aliphatic carbocycles. The quantitative estimate of drug-likeness (QED) is 0.321. The van der Waals surface area contributed by atoms with Gasteiger partial charge in [-0.1, -0.05) is 38.1 Å². The van der Waals surface area contributed by atoms with Crippen LogP contribution in [-0.4, -0.2) is 0 Å². The molecule has 0 amide bonds. The van der Waals surface area contributed by atoms with E-state index >= 15 is 0 Å². The highest BCUT2D eigenvalue weighted by Gasteiger charge is 2.22. The van der Waals surface area contributed by atoms with E-state index in [9.17, 15) is 0 Å². The van der Waals surface area contributed by atoms with Crippen LogP contribution in [0, 0.1) is 13.5 Å². The molecule has 0 radical (unpaired) electrons. The fraction of sp³-hybridized carbons (Fsp3) is 0.217. The van der Waals surface area contributed by atoms with Gasteiger partial charge in [-0.2, -0.15) is 0 Å². The lowest BCUT2D eigenvalue weighted by molar-refractivity contribution is -0.660. The van der Waals surface area contributed by atoms with E-state index in [1.807, 2.05) is 25.4 Å². The third kappa shape index (κ3) is 2.30. The molecule has 0 aliphatic rings. The van der Waals surface area contributed by atoms with E-state index in [4.69, 9.17) is 11.0 Å². The van der Waals surface area contributed by atoms with Gasteiger partial charge in [0.05, 0.1) is 12.1 Å². The van der Waals surface area contributed by atoms with Crippen LogP contribution in [-0.2, 0) is 7.05 Å². The Morgan fingerprint density at radius 3 is 2.42 bits per heavy atom. The average molecular weight is 341 g/mol. The molecule has 0 saturated carbocycles. The summed E-state index contributed by atoms with van der Waals surface area (Å²) in [5, 5.41) is 2.07. The lowest BCUT2D eigenvalue weighted by Crippen LogP contribution is -2.30. The Morgan fingerprint density at radius 1 is 1.00 bits per heavy atom. The maximum atomic E-state index is 7.69. The normalized spacial score (nSPS) is 11.4. The van der Waals surface area contributed by atoms with Crippen LogP contribution in [0.4, 0.5) is 5.69 Å². The standard InChI is InChI=1S/C23H21N2O/c1-14(2)16-11-12-18-17-10-9-15(3)20(19-8-6-7-13-25(19)5)22(17)26-23(18)21(16)24-4/h6-14H,1-3,5H3/q+1. The lowest BCUT2D eigenvalue weighted by Gasteiger charge is -2.07. The first-order chi connectivity index (χ1) is 12.5. The summed E-state index contributed by atoms with van der Waals surface area (Å²) >= 11 is 0. The molecule has 4 rings (SSSR count). The highest BCUT2D eigenvalue weighted by molar-refractivity contribution is 6.13. The van der Waals surface area contributed by atoms with Gasteiger partial charge in [0.25, 0.3) is 0 Å². The molecule has 2 aromatic heterocycles. The van der Waals surface area contributed by atoms with Crippen molar-refractivity contribution in [2.45, 2.75) is 26.7 Å². The summed E-state index contributed by atoms with van der Waals surface area (Å²) in [4.78, 5) is 3.81. The number of nitrogens with zero attached hydrogens (tertiary/aromatic N) is 2. The van der Waals surface area contributed by atoms with Gasteiger partial charge in [-0.3, -0.25) is 0 Å². The highest BCUT2D eigenvalue weighted by Crippen LogP contribution is 2.42. The van der Waals surface area contributed by atoms with Crippen LogP contribution in [0.3, 0.4) is 0 Å². The van der Waals surface area contributed by atoms with Gasteiger partial charge >= 0.3 is 0 Å². The Morgan fingerprint density at radius 2 is 1.73 bits per heavy atom. The van der Waals surface area contributed by atoms with Crippen LogP contribution >= 0.6 is 0 Å². The Hall–Kier alpha value is -3.12. The molecule has 0 N–H and O–H groups in total. The van der Waals surface area contributed by atoms with E-state index in [1.54, 1.807) is 0 Å². The summed E-state index contributed by atoms with van der Waals surface area (Å²) < 4.78 is 8.46. The maximum Gasteiger partial charge on any atom is 0.232 e. The van der Waals surface area contributed by atoms with Crippen molar-refractivity contribution in [1.29, 1.82) is 0 Å². The van der Waals surface area contributed by atoms with E-state index in [0.717, 1.165) is 38.7 Å². The second kappa shape index (κ2) is 6.00. The molecule has 0 atom stereocenters. The zero-order valence-corrected chi connectivity index (χ0v) is 15.5. The summed E-state index contributed by atoms with van der Waals surface area (Å²) in [5.74, 6) is 0.282. The number of aryl methyl sites for hydroxylation is 2. The molecule has 2 heterocycles. The van der Waals surface area contributed by atoms with Crippen molar-refractivity contribution in [2.75, 3.05) is 0 Å². The van der Waals surface area contributed by atoms with Crippen molar-refractivity contribution in [1.82, 2.24) is 0 Å². The Kier molecular flexibility index (Phi) is 3.77. The topological polar surface area (TPSA) is 21.4 Å². The van der Waals surface area contributed by atoms with E-state index in [1.165, 1.54) is 0 Å². The molecule has 0 unspecified atom stereocenters. The number of benzene rings is 2. The van der Waals surface area contributed by atoms with Crippen molar-refractivity contribution >= 4 is 27.6 Å². The van der Waals surface area contributed by atoms with Crippen molar-refractivity contribution in [3.05, 3.63) is 71.2 Å². The summed E-state index contributed by atoms with van der Waals surface area (Å²) in [6.45, 7) is 14.0. The van der Waals surface area contributed by atoms with Crippen LogP contribution in [0.25, 0.3) is 38.0 Å². The monoisotopic (exact) mass is 341 g/mol. The number of hydrogen-bond acceptors (Lipinski definition) is 1. The second-order valence-electron chi connectivity index (χ2n) is 7.08. The first-order valence-corrected chi connectivity index (χ1v) is 8.84. The third-order valence-corrected chi connectivity index (χ3v) is 5.07. The van der Waals surface area contributed by atoms with E-state index in [2.05, 4.69) is 60.5 Å². The summed E-state index contributed by atoms with van der Waals surface area (Å²) in [6.07, 6.45) is 2.04. The van der Waals surface area contributed by atoms with Crippen LogP contribution in [0.1, 0.15) is 30.9 Å². The molecule has 0 spiro atoms. The molecule has 0 saturated heterocycles. The SMILES string of the molecule is [C-]#[N+]c1c(C(C)C)ccc2c1oc1c(-c3cccc[n+]3C)c(C)ccc12. The van der Waals surface area contributed by atoms with Gasteiger partial charge in [-0.15, -0.1) is 0 Å². The minimum absolute atomic E-state index is 0.282. The fourth-order valence-electron chi connectivity index (χ4n) is 3.69. The van der Waals surface area contributed by atoms with Crippen molar-refractivity contribution < 1.29 is 8.98 Å². The smallest absolute Gasteiger partial charge is 0.232 e. The lowest BCUT2D eigenvalue weighted by atomic mass is 9.97. The first kappa shape index (κ1) is 16.4. The maximum absolute atomic E-state index is 7.69. The van der Waals surface area contributed by atoms with Crippen molar-refractivity contribution in [2.24, 2.45) is 7.05 Å². The molecular formula is C23H21N2O+. The van der Waals surface area contributed by atoms with Crippen LogP contribution in [0.5, 0.6) is 0 Å².